The van der Waals surface area contributed by atoms with E-state index in [-0.39, 0.29) is 5.60 Å². The summed E-state index contributed by atoms with van der Waals surface area (Å²) in [4.78, 5) is 3.87. The number of likely N-dealkylation sites (N-methyl/N-ethyl adjacent to an activating group) is 1. The summed E-state index contributed by atoms with van der Waals surface area (Å²) in [6, 6.07) is 4.32. The van der Waals surface area contributed by atoms with Gasteiger partial charge in [0, 0.05) is 31.1 Å². The van der Waals surface area contributed by atoms with Crippen molar-refractivity contribution >= 4 is 11.3 Å². The number of rotatable bonds is 7. The van der Waals surface area contributed by atoms with E-state index in [1.807, 2.05) is 11.3 Å². The molecule has 1 N–H and O–H groups in total. The van der Waals surface area contributed by atoms with E-state index in [4.69, 9.17) is 4.74 Å². The van der Waals surface area contributed by atoms with Crippen LogP contribution in [-0.2, 0) is 11.3 Å². The van der Waals surface area contributed by atoms with Crippen LogP contribution >= 0.6 is 11.3 Å². The minimum atomic E-state index is 0.0857. The number of hydrogen-bond acceptors (Lipinski definition) is 4. The van der Waals surface area contributed by atoms with E-state index >= 15 is 0 Å². The Morgan fingerprint density at radius 1 is 1.53 bits per heavy atom. The lowest BCUT2D eigenvalue weighted by molar-refractivity contribution is -0.0723. The van der Waals surface area contributed by atoms with Crippen molar-refractivity contribution in [2.45, 2.75) is 26.0 Å². The Balaban J connectivity index is 1.68. The molecule has 0 unspecified atom stereocenters. The molecule has 1 aliphatic heterocycles. The Kier molecular flexibility index (Phi) is 4.56. The second-order valence-electron chi connectivity index (χ2n) is 4.85. The van der Waals surface area contributed by atoms with Gasteiger partial charge < -0.3 is 10.1 Å². The van der Waals surface area contributed by atoms with Crippen LogP contribution in [0.1, 0.15) is 18.7 Å². The molecule has 1 aromatic rings. The fraction of sp³-hybridized carbons (Fsp3) is 0.692. The average molecular weight is 254 g/mol. The zero-order valence-corrected chi connectivity index (χ0v) is 11.6. The monoisotopic (exact) mass is 254 g/mol. The lowest BCUT2D eigenvalue weighted by Gasteiger charge is -2.39. The molecule has 0 amide bonds. The molecule has 0 aromatic carbocycles. The maximum absolute atomic E-state index is 5.92. The summed E-state index contributed by atoms with van der Waals surface area (Å²) in [5, 5.41) is 5.39. The molecular weight excluding hydrogens is 232 g/mol. The highest BCUT2D eigenvalue weighted by Crippen LogP contribution is 2.15. The van der Waals surface area contributed by atoms with Crippen molar-refractivity contribution in [1.82, 2.24) is 10.2 Å². The molecule has 96 valence electrons. The summed E-state index contributed by atoms with van der Waals surface area (Å²) in [5.41, 5.74) is 0.0857. The molecule has 2 rings (SSSR count). The maximum Gasteiger partial charge on any atom is 0.0902 e. The van der Waals surface area contributed by atoms with Crippen molar-refractivity contribution in [2.75, 3.05) is 32.8 Å². The molecule has 2 heterocycles. The summed E-state index contributed by atoms with van der Waals surface area (Å²) in [6.45, 7) is 10.3. The fourth-order valence-corrected chi connectivity index (χ4v) is 2.72. The van der Waals surface area contributed by atoms with Crippen molar-refractivity contribution in [3.8, 4) is 0 Å². The largest absolute Gasteiger partial charge is 0.371 e. The van der Waals surface area contributed by atoms with Crippen LogP contribution in [0, 0.1) is 0 Å². The molecule has 17 heavy (non-hydrogen) atoms. The molecule has 4 heteroatoms. The van der Waals surface area contributed by atoms with Crippen molar-refractivity contribution in [3.63, 3.8) is 0 Å². The van der Waals surface area contributed by atoms with E-state index < -0.39 is 0 Å². The van der Waals surface area contributed by atoms with Crippen LogP contribution in [0.3, 0.4) is 0 Å². The van der Waals surface area contributed by atoms with E-state index in [1.165, 1.54) is 4.88 Å². The van der Waals surface area contributed by atoms with Gasteiger partial charge in [-0.1, -0.05) is 13.0 Å². The van der Waals surface area contributed by atoms with E-state index in [0.29, 0.717) is 0 Å². The lowest BCUT2D eigenvalue weighted by Crippen LogP contribution is -2.59. The van der Waals surface area contributed by atoms with Crippen LogP contribution in [0.15, 0.2) is 17.5 Å². The van der Waals surface area contributed by atoms with Gasteiger partial charge in [0.2, 0.25) is 0 Å². The van der Waals surface area contributed by atoms with Crippen molar-refractivity contribution in [2.24, 2.45) is 0 Å². The van der Waals surface area contributed by atoms with Gasteiger partial charge in [-0.2, -0.15) is 0 Å². The van der Waals surface area contributed by atoms with Gasteiger partial charge in [0.1, 0.15) is 0 Å². The highest BCUT2D eigenvalue weighted by atomic mass is 32.1. The van der Waals surface area contributed by atoms with Crippen LogP contribution in [0.25, 0.3) is 0 Å². The maximum atomic E-state index is 5.92. The zero-order valence-electron chi connectivity index (χ0n) is 10.7. The normalized spacial score (nSPS) is 18.3. The van der Waals surface area contributed by atoms with Gasteiger partial charge in [0.15, 0.2) is 0 Å². The highest BCUT2D eigenvalue weighted by molar-refractivity contribution is 7.09. The summed E-state index contributed by atoms with van der Waals surface area (Å²) in [5.74, 6) is 0. The number of nitrogens with zero attached hydrogens (tertiary/aromatic N) is 1. The van der Waals surface area contributed by atoms with Crippen LogP contribution < -0.4 is 5.32 Å². The quantitative estimate of drug-likeness (QED) is 0.805. The first-order valence-corrected chi connectivity index (χ1v) is 7.19. The van der Waals surface area contributed by atoms with Crippen LogP contribution in [0.4, 0.5) is 0 Å². The molecule has 1 saturated heterocycles. The third-order valence-corrected chi connectivity index (χ3v) is 4.12. The van der Waals surface area contributed by atoms with Crippen LogP contribution in [0.2, 0.25) is 0 Å². The third kappa shape index (κ3) is 3.78. The lowest BCUT2D eigenvalue weighted by atomic mass is 10.0. The van der Waals surface area contributed by atoms with Gasteiger partial charge in [-0.25, -0.2) is 0 Å². The Morgan fingerprint density at radius 3 is 2.88 bits per heavy atom. The number of ether oxygens (including phenoxy) is 1. The van der Waals surface area contributed by atoms with Gasteiger partial charge in [-0.05, 0) is 24.9 Å². The molecule has 0 radical (unpaired) electrons. The molecule has 1 aromatic heterocycles. The SMILES string of the molecule is CCN(CCOC1(C)CNC1)Cc1cccs1. The van der Waals surface area contributed by atoms with Crippen LogP contribution in [0.5, 0.6) is 0 Å². The summed E-state index contributed by atoms with van der Waals surface area (Å²) in [7, 11) is 0. The molecule has 0 saturated carbocycles. The van der Waals surface area contributed by atoms with Gasteiger partial charge in [0.05, 0.1) is 12.2 Å². The van der Waals surface area contributed by atoms with E-state index in [0.717, 1.165) is 39.3 Å². The standard InChI is InChI=1S/C13H22N2OS/c1-3-15(9-12-5-4-8-17-12)6-7-16-13(2)10-14-11-13/h4-5,8,14H,3,6-7,9-11H2,1-2H3. The number of hydrogen-bond donors (Lipinski definition) is 1. The molecule has 0 bridgehead atoms. The van der Waals surface area contributed by atoms with Crippen molar-refractivity contribution in [3.05, 3.63) is 22.4 Å². The molecule has 1 aliphatic rings. The zero-order chi connectivity index (χ0) is 12.1. The summed E-state index contributed by atoms with van der Waals surface area (Å²) >= 11 is 1.83. The highest BCUT2D eigenvalue weighted by Gasteiger charge is 2.32. The molecule has 0 atom stereocenters. The predicted octanol–water partition coefficient (Wildman–Crippen LogP) is 1.95. The Bertz CT molecular complexity index is 322. The Labute approximate surface area is 108 Å². The summed E-state index contributed by atoms with van der Waals surface area (Å²) in [6.07, 6.45) is 0. The average Bonchev–Trinajstić information content (AvgIpc) is 2.78. The van der Waals surface area contributed by atoms with E-state index in [9.17, 15) is 0 Å². The van der Waals surface area contributed by atoms with Crippen molar-refractivity contribution in [1.29, 1.82) is 0 Å². The fourth-order valence-electron chi connectivity index (χ4n) is 1.97. The van der Waals surface area contributed by atoms with Gasteiger partial charge in [-0.15, -0.1) is 11.3 Å². The summed E-state index contributed by atoms with van der Waals surface area (Å²) < 4.78 is 5.92. The topological polar surface area (TPSA) is 24.5 Å². The minimum absolute atomic E-state index is 0.0857. The number of nitrogens with one attached hydrogen (secondary N) is 1. The first-order valence-electron chi connectivity index (χ1n) is 6.31. The number of thiophene rings is 1. The van der Waals surface area contributed by atoms with Crippen molar-refractivity contribution < 1.29 is 4.74 Å². The van der Waals surface area contributed by atoms with E-state index in [1.54, 1.807) is 0 Å². The smallest absolute Gasteiger partial charge is 0.0902 e. The molecule has 3 nitrogen and oxygen atoms in total. The molecule has 0 spiro atoms. The Hall–Kier alpha value is -0.420. The second-order valence-corrected chi connectivity index (χ2v) is 5.88. The van der Waals surface area contributed by atoms with Gasteiger partial charge in [-0.3, -0.25) is 4.90 Å². The van der Waals surface area contributed by atoms with E-state index in [2.05, 4.69) is 41.6 Å². The van der Waals surface area contributed by atoms with Crippen LogP contribution in [-0.4, -0.2) is 43.3 Å². The second kappa shape index (κ2) is 5.96. The van der Waals surface area contributed by atoms with Gasteiger partial charge >= 0.3 is 0 Å². The first kappa shape index (κ1) is 13.0. The van der Waals surface area contributed by atoms with Gasteiger partial charge in [0.25, 0.3) is 0 Å². The third-order valence-electron chi connectivity index (χ3n) is 3.26. The molecular formula is C13H22N2OS. The molecule has 1 fully saturated rings. The molecule has 0 aliphatic carbocycles. The first-order chi connectivity index (χ1) is 8.22. The minimum Gasteiger partial charge on any atom is -0.371 e. The Morgan fingerprint density at radius 2 is 2.35 bits per heavy atom. The predicted molar refractivity (Wildman–Crippen MR) is 72.5 cm³/mol.